The third kappa shape index (κ3) is 3.51. The van der Waals surface area contributed by atoms with Gasteiger partial charge in [-0.1, -0.05) is 30.3 Å². The number of hydrogen-bond donors (Lipinski definition) is 0. The molecule has 1 saturated heterocycles. The molecular formula is C22H22N6O. The third-order valence-electron chi connectivity index (χ3n) is 5.47. The molecule has 0 bridgehead atoms. The van der Waals surface area contributed by atoms with E-state index in [1.807, 2.05) is 35.6 Å². The summed E-state index contributed by atoms with van der Waals surface area (Å²) in [5.74, 6) is 1.77. The molecule has 0 unspecified atom stereocenters. The van der Waals surface area contributed by atoms with Crippen LogP contribution in [0.1, 0.15) is 40.6 Å². The fourth-order valence-corrected chi connectivity index (χ4v) is 4.06. The molecule has 0 spiro atoms. The van der Waals surface area contributed by atoms with Crippen molar-refractivity contribution in [1.29, 1.82) is 0 Å². The summed E-state index contributed by atoms with van der Waals surface area (Å²) in [5, 5.41) is 0. The predicted molar refractivity (Wildman–Crippen MR) is 109 cm³/mol. The highest BCUT2D eigenvalue weighted by atomic mass is 16.2. The van der Waals surface area contributed by atoms with E-state index in [-0.39, 0.29) is 11.8 Å². The zero-order valence-electron chi connectivity index (χ0n) is 16.1. The molecule has 0 N–H and O–H groups in total. The van der Waals surface area contributed by atoms with Gasteiger partial charge < -0.3 is 9.47 Å². The molecule has 7 nitrogen and oxygen atoms in total. The number of benzene rings is 1. The SMILES string of the molecule is O=C(c1cn2cccnc2n1)N1CCC[C@H](c2nccn2Cc2ccccc2)C1. The van der Waals surface area contributed by atoms with Crippen LogP contribution < -0.4 is 0 Å². The second kappa shape index (κ2) is 7.50. The number of carbonyl (C=O) groups is 1. The van der Waals surface area contributed by atoms with E-state index in [4.69, 9.17) is 0 Å². The van der Waals surface area contributed by atoms with Crippen LogP contribution in [-0.4, -0.2) is 47.8 Å². The van der Waals surface area contributed by atoms with Crippen molar-refractivity contribution in [3.63, 3.8) is 0 Å². The minimum absolute atomic E-state index is 0.0404. The molecule has 3 aromatic heterocycles. The van der Waals surface area contributed by atoms with Crippen molar-refractivity contribution in [2.75, 3.05) is 13.1 Å². The summed E-state index contributed by atoms with van der Waals surface area (Å²) < 4.78 is 3.98. The average molecular weight is 386 g/mol. The molecule has 1 aromatic carbocycles. The standard InChI is InChI=1S/C22H22N6O/c29-21(19-16-28-12-5-9-24-22(28)25-19)27-11-4-8-18(15-27)20-23-10-13-26(20)14-17-6-2-1-3-7-17/h1-3,5-7,9-10,12-13,16,18H,4,8,11,14-15H2/t18-/m0/s1. The molecule has 4 aromatic rings. The molecule has 1 aliphatic rings. The molecule has 0 radical (unpaired) electrons. The van der Waals surface area contributed by atoms with Crippen LogP contribution >= 0.6 is 0 Å². The Morgan fingerprint density at radius 1 is 1.07 bits per heavy atom. The number of piperidine rings is 1. The maximum absolute atomic E-state index is 13.1. The molecule has 7 heteroatoms. The van der Waals surface area contributed by atoms with E-state index >= 15 is 0 Å². The summed E-state index contributed by atoms with van der Waals surface area (Å²) >= 11 is 0. The first kappa shape index (κ1) is 17.6. The topological polar surface area (TPSA) is 68.3 Å². The Balaban J connectivity index is 1.34. The van der Waals surface area contributed by atoms with E-state index in [2.05, 4.69) is 43.8 Å². The molecule has 0 saturated carbocycles. The van der Waals surface area contributed by atoms with Gasteiger partial charge >= 0.3 is 0 Å². The monoisotopic (exact) mass is 386 g/mol. The van der Waals surface area contributed by atoms with Gasteiger partial charge in [-0.05, 0) is 24.5 Å². The van der Waals surface area contributed by atoms with Crippen LogP contribution in [0.2, 0.25) is 0 Å². The third-order valence-corrected chi connectivity index (χ3v) is 5.47. The van der Waals surface area contributed by atoms with Crippen LogP contribution in [0, 0.1) is 0 Å². The van der Waals surface area contributed by atoms with E-state index in [0.29, 0.717) is 18.0 Å². The lowest BCUT2D eigenvalue weighted by atomic mass is 9.96. The Labute approximate surface area is 168 Å². The number of imidazole rings is 2. The summed E-state index contributed by atoms with van der Waals surface area (Å²) in [7, 11) is 0. The largest absolute Gasteiger partial charge is 0.337 e. The van der Waals surface area contributed by atoms with Gasteiger partial charge in [0.2, 0.25) is 5.78 Å². The van der Waals surface area contributed by atoms with E-state index in [0.717, 1.165) is 31.8 Å². The van der Waals surface area contributed by atoms with Gasteiger partial charge in [-0.2, -0.15) is 0 Å². The predicted octanol–water partition coefficient (Wildman–Crippen LogP) is 2.99. The highest BCUT2D eigenvalue weighted by Crippen LogP contribution is 2.27. The zero-order valence-corrected chi connectivity index (χ0v) is 16.1. The maximum Gasteiger partial charge on any atom is 0.274 e. The lowest BCUT2D eigenvalue weighted by Gasteiger charge is -2.32. The van der Waals surface area contributed by atoms with Gasteiger partial charge in [0, 0.05) is 56.5 Å². The van der Waals surface area contributed by atoms with Gasteiger partial charge in [0.05, 0.1) is 0 Å². The van der Waals surface area contributed by atoms with Gasteiger partial charge in [0.25, 0.3) is 5.91 Å². The Kier molecular flexibility index (Phi) is 4.56. The van der Waals surface area contributed by atoms with Gasteiger partial charge in [0.15, 0.2) is 0 Å². The second-order valence-corrected chi connectivity index (χ2v) is 7.44. The summed E-state index contributed by atoms with van der Waals surface area (Å²) in [5.41, 5.74) is 1.68. The Morgan fingerprint density at radius 3 is 2.83 bits per heavy atom. The number of hydrogen-bond acceptors (Lipinski definition) is 4. The summed E-state index contributed by atoms with van der Waals surface area (Å²) in [6.07, 6.45) is 11.2. The number of nitrogens with zero attached hydrogens (tertiary/aromatic N) is 6. The number of fused-ring (bicyclic) bond motifs is 1. The van der Waals surface area contributed by atoms with Crippen LogP contribution in [0.4, 0.5) is 0 Å². The van der Waals surface area contributed by atoms with Crippen molar-refractivity contribution in [3.05, 3.63) is 84.5 Å². The van der Waals surface area contributed by atoms with Crippen molar-refractivity contribution in [1.82, 2.24) is 28.8 Å². The Hall–Kier alpha value is -3.48. The molecule has 146 valence electrons. The van der Waals surface area contributed by atoms with Crippen LogP contribution in [0.15, 0.2) is 67.4 Å². The minimum atomic E-state index is -0.0404. The molecule has 1 amide bonds. The van der Waals surface area contributed by atoms with Gasteiger partial charge in [-0.15, -0.1) is 0 Å². The van der Waals surface area contributed by atoms with Crippen molar-refractivity contribution in [2.45, 2.75) is 25.3 Å². The zero-order chi connectivity index (χ0) is 19.6. The van der Waals surface area contributed by atoms with Crippen LogP contribution in [0.25, 0.3) is 5.78 Å². The van der Waals surface area contributed by atoms with Crippen molar-refractivity contribution in [3.8, 4) is 0 Å². The number of aromatic nitrogens is 5. The van der Waals surface area contributed by atoms with Gasteiger partial charge in [-0.3, -0.25) is 9.20 Å². The summed E-state index contributed by atoms with van der Waals surface area (Å²) in [6.45, 7) is 2.20. The smallest absolute Gasteiger partial charge is 0.274 e. The van der Waals surface area contributed by atoms with E-state index in [1.165, 1.54) is 5.56 Å². The molecule has 4 heterocycles. The normalized spacial score (nSPS) is 17.0. The molecule has 1 fully saturated rings. The average Bonchev–Trinajstić information content (AvgIpc) is 3.41. The van der Waals surface area contributed by atoms with E-state index in [1.54, 1.807) is 16.8 Å². The first-order valence-corrected chi connectivity index (χ1v) is 9.92. The van der Waals surface area contributed by atoms with Crippen LogP contribution in [0.3, 0.4) is 0 Å². The molecule has 1 atom stereocenters. The second-order valence-electron chi connectivity index (χ2n) is 7.44. The molecule has 1 aliphatic heterocycles. The number of amides is 1. The number of likely N-dealkylation sites (tertiary alicyclic amines) is 1. The highest BCUT2D eigenvalue weighted by Gasteiger charge is 2.29. The number of rotatable bonds is 4. The van der Waals surface area contributed by atoms with Crippen molar-refractivity contribution >= 4 is 11.7 Å². The summed E-state index contributed by atoms with van der Waals surface area (Å²) in [6, 6.07) is 12.2. The maximum atomic E-state index is 13.1. The quantitative estimate of drug-likeness (QED) is 0.541. The van der Waals surface area contributed by atoms with Crippen molar-refractivity contribution in [2.24, 2.45) is 0 Å². The molecule has 29 heavy (non-hydrogen) atoms. The summed E-state index contributed by atoms with van der Waals surface area (Å²) in [4.78, 5) is 28.2. The molecule has 5 rings (SSSR count). The molecular weight excluding hydrogens is 364 g/mol. The first-order chi connectivity index (χ1) is 14.3. The van der Waals surface area contributed by atoms with Crippen LogP contribution in [0.5, 0.6) is 0 Å². The van der Waals surface area contributed by atoms with Crippen LogP contribution in [-0.2, 0) is 6.54 Å². The highest BCUT2D eigenvalue weighted by molar-refractivity contribution is 5.92. The number of carbonyl (C=O) groups excluding carboxylic acids is 1. The van der Waals surface area contributed by atoms with Gasteiger partial charge in [0.1, 0.15) is 11.5 Å². The van der Waals surface area contributed by atoms with E-state index < -0.39 is 0 Å². The lowest BCUT2D eigenvalue weighted by molar-refractivity contribution is 0.0698. The molecule has 0 aliphatic carbocycles. The van der Waals surface area contributed by atoms with Gasteiger partial charge in [-0.25, -0.2) is 15.0 Å². The Bertz CT molecular complexity index is 1100. The Morgan fingerprint density at radius 2 is 1.97 bits per heavy atom. The first-order valence-electron chi connectivity index (χ1n) is 9.92. The fraction of sp³-hybridized carbons (Fsp3) is 0.273. The minimum Gasteiger partial charge on any atom is -0.337 e. The lowest BCUT2D eigenvalue weighted by Crippen LogP contribution is -2.40. The van der Waals surface area contributed by atoms with Crippen molar-refractivity contribution < 1.29 is 4.79 Å². The van der Waals surface area contributed by atoms with E-state index in [9.17, 15) is 4.79 Å². The fourth-order valence-electron chi connectivity index (χ4n) is 4.06.